The molecule has 0 atom stereocenters. The fourth-order valence-corrected chi connectivity index (χ4v) is 3.21. The standard InChI is InChI=1S/C19H28N4O4/c1-13-4-5-15(10-14(13)2)20-19(27)21-17(24)11-23-8-6-16(7-9-23)22(3)12-18(25)26/h4-5,10,16H,6-9,11-12H2,1-3H3,(H,25,26)(H2,20,21,24,27). The largest absolute Gasteiger partial charge is 0.480 e. The minimum absolute atomic E-state index is 0.0177. The third kappa shape index (κ3) is 6.65. The van der Waals surface area contributed by atoms with Crippen LogP contribution in [-0.4, -0.2) is 72.1 Å². The summed E-state index contributed by atoms with van der Waals surface area (Å²) in [6.07, 6.45) is 1.60. The van der Waals surface area contributed by atoms with Crippen molar-refractivity contribution >= 4 is 23.6 Å². The number of benzene rings is 1. The maximum Gasteiger partial charge on any atom is 0.325 e. The average molecular weight is 376 g/mol. The van der Waals surface area contributed by atoms with Gasteiger partial charge < -0.3 is 10.4 Å². The third-order valence-electron chi connectivity index (χ3n) is 4.95. The maximum atomic E-state index is 12.1. The highest BCUT2D eigenvalue weighted by Crippen LogP contribution is 2.15. The second-order valence-corrected chi connectivity index (χ2v) is 7.12. The fraction of sp³-hybridized carbons (Fsp3) is 0.526. The minimum atomic E-state index is -0.839. The second kappa shape index (κ2) is 9.48. The molecule has 0 aromatic heterocycles. The summed E-state index contributed by atoms with van der Waals surface area (Å²) in [7, 11) is 1.80. The minimum Gasteiger partial charge on any atom is -0.480 e. The van der Waals surface area contributed by atoms with Crippen LogP contribution in [0.25, 0.3) is 0 Å². The topological polar surface area (TPSA) is 102 Å². The first-order valence-corrected chi connectivity index (χ1v) is 9.07. The van der Waals surface area contributed by atoms with E-state index >= 15 is 0 Å². The number of hydrogen-bond acceptors (Lipinski definition) is 5. The molecular formula is C19H28N4O4. The number of rotatable bonds is 6. The Morgan fingerprint density at radius 2 is 1.85 bits per heavy atom. The molecule has 8 heteroatoms. The number of urea groups is 1. The Morgan fingerprint density at radius 1 is 1.19 bits per heavy atom. The second-order valence-electron chi connectivity index (χ2n) is 7.12. The van der Waals surface area contributed by atoms with Crippen molar-refractivity contribution in [3.8, 4) is 0 Å². The third-order valence-corrected chi connectivity index (χ3v) is 4.95. The van der Waals surface area contributed by atoms with Gasteiger partial charge >= 0.3 is 12.0 Å². The van der Waals surface area contributed by atoms with Gasteiger partial charge in [-0.2, -0.15) is 0 Å². The Labute approximate surface area is 159 Å². The molecule has 8 nitrogen and oxygen atoms in total. The van der Waals surface area contributed by atoms with E-state index in [1.807, 2.05) is 35.8 Å². The summed E-state index contributed by atoms with van der Waals surface area (Å²) in [5, 5.41) is 13.9. The monoisotopic (exact) mass is 376 g/mol. The molecule has 0 aliphatic carbocycles. The van der Waals surface area contributed by atoms with E-state index in [0.717, 1.165) is 24.0 Å². The zero-order valence-corrected chi connectivity index (χ0v) is 16.1. The molecule has 0 saturated carbocycles. The smallest absolute Gasteiger partial charge is 0.325 e. The molecule has 3 N–H and O–H groups in total. The van der Waals surface area contributed by atoms with Gasteiger partial charge in [0.2, 0.25) is 5.91 Å². The van der Waals surface area contributed by atoms with Gasteiger partial charge in [0.1, 0.15) is 0 Å². The lowest BCUT2D eigenvalue weighted by Crippen LogP contribution is -2.48. The number of aliphatic carboxylic acids is 1. The Balaban J connectivity index is 1.73. The lowest BCUT2D eigenvalue weighted by Gasteiger charge is -2.35. The van der Waals surface area contributed by atoms with E-state index in [-0.39, 0.29) is 25.0 Å². The van der Waals surface area contributed by atoms with Crippen LogP contribution in [0.5, 0.6) is 0 Å². The van der Waals surface area contributed by atoms with E-state index in [0.29, 0.717) is 18.8 Å². The highest BCUT2D eigenvalue weighted by molar-refractivity contribution is 6.01. The molecule has 0 radical (unpaired) electrons. The number of amides is 3. The number of anilines is 1. The number of carbonyl (C=O) groups is 3. The van der Waals surface area contributed by atoms with Gasteiger partial charge in [-0.15, -0.1) is 0 Å². The van der Waals surface area contributed by atoms with Gasteiger partial charge in [0, 0.05) is 24.8 Å². The lowest BCUT2D eigenvalue weighted by molar-refractivity contribution is -0.138. The Morgan fingerprint density at radius 3 is 2.44 bits per heavy atom. The average Bonchev–Trinajstić information content (AvgIpc) is 2.58. The first kappa shape index (κ1) is 20.9. The number of hydrogen-bond donors (Lipinski definition) is 3. The fourth-order valence-electron chi connectivity index (χ4n) is 3.21. The lowest BCUT2D eigenvalue weighted by atomic mass is 10.0. The van der Waals surface area contributed by atoms with Gasteiger partial charge in [0.25, 0.3) is 0 Å². The van der Waals surface area contributed by atoms with E-state index in [1.165, 1.54) is 0 Å². The molecule has 0 unspecified atom stereocenters. The van der Waals surface area contributed by atoms with Gasteiger partial charge in [-0.1, -0.05) is 6.07 Å². The molecule has 1 aliphatic heterocycles. The number of carboxylic acids is 1. The molecule has 1 aromatic carbocycles. The van der Waals surface area contributed by atoms with Crippen LogP contribution < -0.4 is 10.6 Å². The molecule has 2 rings (SSSR count). The maximum absolute atomic E-state index is 12.1. The van der Waals surface area contributed by atoms with Crippen LogP contribution in [0.4, 0.5) is 10.5 Å². The molecular weight excluding hydrogens is 348 g/mol. The van der Waals surface area contributed by atoms with Crippen LogP contribution in [-0.2, 0) is 9.59 Å². The van der Waals surface area contributed by atoms with Crippen LogP contribution in [0.2, 0.25) is 0 Å². The predicted octanol–water partition coefficient (Wildman–Crippen LogP) is 1.43. The molecule has 0 spiro atoms. The molecule has 1 fully saturated rings. The molecule has 1 aliphatic rings. The first-order valence-electron chi connectivity index (χ1n) is 9.07. The van der Waals surface area contributed by atoms with Crippen molar-refractivity contribution in [3.05, 3.63) is 29.3 Å². The van der Waals surface area contributed by atoms with Crippen molar-refractivity contribution < 1.29 is 19.5 Å². The highest BCUT2D eigenvalue weighted by Gasteiger charge is 2.24. The molecule has 3 amide bonds. The Bertz CT molecular complexity index is 699. The van der Waals surface area contributed by atoms with E-state index in [4.69, 9.17) is 5.11 Å². The number of imide groups is 1. The summed E-state index contributed by atoms with van der Waals surface area (Å²) in [5.74, 6) is -1.19. The quantitative estimate of drug-likeness (QED) is 0.694. The van der Waals surface area contributed by atoms with Gasteiger partial charge in [0.15, 0.2) is 0 Å². The first-order chi connectivity index (χ1) is 12.7. The van der Waals surface area contributed by atoms with Crippen LogP contribution in [0.3, 0.4) is 0 Å². The summed E-state index contributed by atoms with van der Waals surface area (Å²) >= 11 is 0. The number of aryl methyl sites for hydroxylation is 2. The number of carbonyl (C=O) groups excluding carboxylic acids is 2. The predicted molar refractivity (Wildman–Crippen MR) is 103 cm³/mol. The highest BCUT2D eigenvalue weighted by atomic mass is 16.4. The summed E-state index contributed by atoms with van der Waals surface area (Å²) in [5.41, 5.74) is 2.84. The number of likely N-dealkylation sites (N-methyl/N-ethyl adjacent to an activating group) is 1. The number of nitrogens with one attached hydrogen (secondary N) is 2. The van der Waals surface area contributed by atoms with Crippen molar-refractivity contribution in [2.24, 2.45) is 0 Å². The van der Waals surface area contributed by atoms with Crippen molar-refractivity contribution in [3.63, 3.8) is 0 Å². The Kier molecular flexibility index (Phi) is 7.32. The zero-order valence-electron chi connectivity index (χ0n) is 16.1. The number of likely N-dealkylation sites (tertiary alicyclic amines) is 1. The van der Waals surface area contributed by atoms with Crippen LogP contribution >= 0.6 is 0 Å². The number of carboxylic acid groups (broad SMARTS) is 1. The summed E-state index contributed by atoms with van der Waals surface area (Å²) < 4.78 is 0. The molecule has 1 saturated heterocycles. The molecule has 148 valence electrons. The summed E-state index contributed by atoms with van der Waals surface area (Å²) in [4.78, 5) is 38.7. The molecule has 0 bridgehead atoms. The van der Waals surface area contributed by atoms with E-state index in [9.17, 15) is 14.4 Å². The summed E-state index contributed by atoms with van der Waals surface area (Å²) in [6.45, 7) is 5.51. The molecule has 27 heavy (non-hydrogen) atoms. The van der Waals surface area contributed by atoms with Crippen molar-refractivity contribution in [1.82, 2.24) is 15.1 Å². The Hall–Kier alpha value is -2.45. The van der Waals surface area contributed by atoms with E-state index in [2.05, 4.69) is 10.6 Å². The zero-order chi connectivity index (χ0) is 20.0. The van der Waals surface area contributed by atoms with Gasteiger partial charge in [-0.3, -0.25) is 24.7 Å². The normalized spacial score (nSPS) is 15.6. The van der Waals surface area contributed by atoms with Crippen molar-refractivity contribution in [1.29, 1.82) is 0 Å². The van der Waals surface area contributed by atoms with Crippen molar-refractivity contribution in [2.45, 2.75) is 32.7 Å². The molecule has 1 aromatic rings. The molecule has 1 heterocycles. The van der Waals surface area contributed by atoms with E-state index in [1.54, 1.807) is 13.1 Å². The van der Waals surface area contributed by atoms with Gasteiger partial charge in [0.05, 0.1) is 13.1 Å². The van der Waals surface area contributed by atoms with Crippen LogP contribution in [0.15, 0.2) is 18.2 Å². The van der Waals surface area contributed by atoms with Crippen LogP contribution in [0, 0.1) is 13.8 Å². The number of piperidine rings is 1. The summed E-state index contributed by atoms with van der Waals surface area (Å²) in [6, 6.07) is 5.23. The van der Waals surface area contributed by atoms with E-state index < -0.39 is 12.0 Å². The van der Waals surface area contributed by atoms with Crippen molar-refractivity contribution in [2.75, 3.05) is 38.5 Å². The van der Waals surface area contributed by atoms with Crippen LogP contribution in [0.1, 0.15) is 24.0 Å². The SMILES string of the molecule is Cc1ccc(NC(=O)NC(=O)CN2CCC(N(C)CC(=O)O)CC2)cc1C. The number of nitrogens with zero attached hydrogens (tertiary/aromatic N) is 2. The van der Waals surface area contributed by atoms with Gasteiger partial charge in [-0.05, 0) is 57.0 Å². The van der Waals surface area contributed by atoms with Gasteiger partial charge in [-0.25, -0.2) is 4.79 Å².